The number of rotatable bonds is 12. The van der Waals surface area contributed by atoms with Gasteiger partial charge < -0.3 is 4.74 Å². The van der Waals surface area contributed by atoms with Crippen molar-refractivity contribution in [2.45, 2.75) is 99.5 Å². The van der Waals surface area contributed by atoms with E-state index in [4.69, 9.17) is 4.74 Å². The van der Waals surface area contributed by atoms with Crippen molar-refractivity contribution in [3.05, 3.63) is 46.6 Å². The number of allylic oxidation sites excluding steroid dienone is 7. The Morgan fingerprint density at radius 3 is 1.93 bits per heavy atom. The molecular formula is C26H41NO2. The number of nitrogens with zero attached hydrogens (tertiary/aromatic N) is 1. The zero-order valence-electron chi connectivity index (χ0n) is 19.7. The molecule has 0 radical (unpaired) electrons. The van der Waals surface area contributed by atoms with E-state index >= 15 is 0 Å². The van der Waals surface area contributed by atoms with Crippen LogP contribution in [0.5, 0.6) is 0 Å². The fraction of sp³-hybridized carbons (Fsp3) is 0.615. The van der Waals surface area contributed by atoms with Crippen LogP contribution in [0.15, 0.2) is 51.6 Å². The quantitative estimate of drug-likeness (QED) is 0.252. The van der Waals surface area contributed by atoms with Gasteiger partial charge in [0.1, 0.15) is 0 Å². The average Bonchev–Trinajstić information content (AvgIpc) is 2.92. The second kappa shape index (κ2) is 13.3. The first-order valence-corrected chi connectivity index (χ1v) is 11.1. The Balaban J connectivity index is 2.37. The van der Waals surface area contributed by atoms with Gasteiger partial charge in [-0.2, -0.15) is 0 Å². The van der Waals surface area contributed by atoms with Crippen molar-refractivity contribution in [3.8, 4) is 0 Å². The summed E-state index contributed by atoms with van der Waals surface area (Å²) in [5.74, 6) is 0.704. The van der Waals surface area contributed by atoms with E-state index in [-0.39, 0.29) is 12.0 Å². The van der Waals surface area contributed by atoms with Crippen LogP contribution in [-0.4, -0.2) is 17.9 Å². The molecule has 3 heteroatoms. The molecular weight excluding hydrogens is 358 g/mol. The summed E-state index contributed by atoms with van der Waals surface area (Å²) in [6, 6.07) is -0.324. The maximum absolute atomic E-state index is 11.9. The lowest BCUT2D eigenvalue weighted by Crippen LogP contribution is -2.16. The van der Waals surface area contributed by atoms with E-state index in [9.17, 15) is 4.79 Å². The van der Waals surface area contributed by atoms with Crippen LogP contribution in [0.25, 0.3) is 0 Å². The van der Waals surface area contributed by atoms with Gasteiger partial charge in [0.15, 0.2) is 6.04 Å². The van der Waals surface area contributed by atoms with Gasteiger partial charge in [0.05, 0.1) is 0 Å². The lowest BCUT2D eigenvalue weighted by molar-refractivity contribution is -0.135. The summed E-state index contributed by atoms with van der Waals surface area (Å²) in [4.78, 5) is 16.3. The van der Waals surface area contributed by atoms with Crippen LogP contribution in [0.3, 0.4) is 0 Å². The molecule has 0 spiro atoms. The SMILES string of the molecule is CC(C)=CCCC(C)=CCCC(C)=CCCC(C)=CC1=N[C@H](CC(C)C)C(=O)O1. The third kappa shape index (κ3) is 11.6. The van der Waals surface area contributed by atoms with Crippen molar-refractivity contribution < 1.29 is 9.53 Å². The molecule has 0 N–H and O–H groups in total. The highest BCUT2D eigenvalue weighted by molar-refractivity contribution is 6.02. The van der Waals surface area contributed by atoms with Crippen LogP contribution < -0.4 is 0 Å². The van der Waals surface area contributed by atoms with Crippen molar-refractivity contribution >= 4 is 11.9 Å². The lowest BCUT2D eigenvalue weighted by Gasteiger charge is -2.05. The molecule has 1 heterocycles. The van der Waals surface area contributed by atoms with Crippen LogP contribution in [0.2, 0.25) is 0 Å². The first-order valence-electron chi connectivity index (χ1n) is 11.1. The topological polar surface area (TPSA) is 38.7 Å². The van der Waals surface area contributed by atoms with Crippen molar-refractivity contribution in [1.82, 2.24) is 0 Å². The molecule has 0 aromatic heterocycles. The molecule has 0 bridgehead atoms. The summed E-state index contributed by atoms with van der Waals surface area (Å²) in [5.41, 5.74) is 5.51. The third-order valence-electron chi connectivity index (χ3n) is 4.98. The monoisotopic (exact) mass is 399 g/mol. The largest absolute Gasteiger partial charge is 0.406 e. The molecule has 0 unspecified atom stereocenters. The summed E-state index contributed by atoms with van der Waals surface area (Å²) >= 11 is 0. The molecule has 0 saturated heterocycles. The van der Waals surface area contributed by atoms with Gasteiger partial charge in [-0.3, -0.25) is 0 Å². The van der Waals surface area contributed by atoms with Gasteiger partial charge in [0, 0.05) is 0 Å². The van der Waals surface area contributed by atoms with Crippen LogP contribution in [0, 0.1) is 5.92 Å². The maximum Gasteiger partial charge on any atom is 0.337 e. The van der Waals surface area contributed by atoms with Crippen molar-refractivity contribution in [2.24, 2.45) is 10.9 Å². The van der Waals surface area contributed by atoms with Crippen LogP contribution in [0.1, 0.15) is 93.4 Å². The van der Waals surface area contributed by atoms with E-state index in [0.29, 0.717) is 11.8 Å². The number of cyclic esters (lactones) is 1. The van der Waals surface area contributed by atoms with E-state index in [0.717, 1.165) is 44.9 Å². The van der Waals surface area contributed by atoms with E-state index in [1.807, 2.05) is 6.08 Å². The first-order chi connectivity index (χ1) is 13.7. The zero-order valence-corrected chi connectivity index (χ0v) is 19.7. The van der Waals surface area contributed by atoms with Gasteiger partial charge in [-0.05, 0) is 91.6 Å². The fourth-order valence-corrected chi connectivity index (χ4v) is 3.23. The van der Waals surface area contributed by atoms with Gasteiger partial charge in [0.25, 0.3) is 0 Å². The van der Waals surface area contributed by atoms with Crippen molar-refractivity contribution in [2.75, 3.05) is 0 Å². The van der Waals surface area contributed by atoms with Crippen LogP contribution >= 0.6 is 0 Å². The fourth-order valence-electron chi connectivity index (χ4n) is 3.23. The molecule has 0 aliphatic carbocycles. The number of carbonyl (C=O) groups excluding carboxylic acids is 1. The summed E-state index contributed by atoms with van der Waals surface area (Å²) in [6.45, 7) is 15.0. The minimum Gasteiger partial charge on any atom is -0.406 e. The Hall–Kier alpha value is -1.90. The molecule has 1 atom stereocenters. The predicted molar refractivity (Wildman–Crippen MR) is 125 cm³/mol. The molecule has 1 aliphatic heterocycles. The standard InChI is InChI=1S/C26H41NO2/c1-19(2)11-8-12-21(5)13-9-14-22(6)15-10-16-23(7)18-25-27-24(17-20(3)4)26(28)29-25/h11,13,15,18,20,24H,8-10,12,14,16-17H2,1-7H3/t24-/m1/s1. The maximum atomic E-state index is 11.9. The van der Waals surface area contributed by atoms with E-state index in [1.165, 1.54) is 22.3 Å². The number of aliphatic imine (C=N–C) groups is 1. The second-order valence-electron chi connectivity index (χ2n) is 9.02. The third-order valence-corrected chi connectivity index (χ3v) is 4.98. The molecule has 0 fully saturated rings. The minimum absolute atomic E-state index is 0.210. The summed E-state index contributed by atoms with van der Waals surface area (Å²) in [7, 11) is 0. The summed E-state index contributed by atoms with van der Waals surface area (Å²) < 4.78 is 5.30. The van der Waals surface area contributed by atoms with Crippen LogP contribution in [0.4, 0.5) is 0 Å². The van der Waals surface area contributed by atoms with Gasteiger partial charge in [-0.1, -0.05) is 54.4 Å². The Labute approximate surface area is 178 Å². The number of ether oxygens (including phenoxy) is 1. The Morgan fingerprint density at radius 1 is 0.897 bits per heavy atom. The highest BCUT2D eigenvalue weighted by Gasteiger charge is 2.28. The molecule has 1 rings (SSSR count). The van der Waals surface area contributed by atoms with E-state index < -0.39 is 0 Å². The molecule has 1 aliphatic rings. The number of esters is 1. The molecule has 162 valence electrons. The van der Waals surface area contributed by atoms with Crippen molar-refractivity contribution in [3.63, 3.8) is 0 Å². The normalized spacial score (nSPS) is 18.2. The molecule has 0 saturated carbocycles. The highest BCUT2D eigenvalue weighted by Crippen LogP contribution is 2.18. The summed E-state index contributed by atoms with van der Waals surface area (Å²) in [5, 5.41) is 0. The van der Waals surface area contributed by atoms with E-state index in [2.05, 4.69) is 71.7 Å². The molecule has 0 aromatic carbocycles. The number of hydrogen-bond donors (Lipinski definition) is 0. The smallest absolute Gasteiger partial charge is 0.337 e. The number of hydrogen-bond acceptors (Lipinski definition) is 3. The Bertz CT molecular complexity index is 685. The Kier molecular flexibility index (Phi) is 11.6. The first kappa shape index (κ1) is 25.1. The minimum atomic E-state index is -0.324. The van der Waals surface area contributed by atoms with Gasteiger partial charge in [0.2, 0.25) is 5.90 Å². The second-order valence-corrected chi connectivity index (χ2v) is 9.02. The van der Waals surface area contributed by atoms with Crippen molar-refractivity contribution in [1.29, 1.82) is 0 Å². The van der Waals surface area contributed by atoms with Gasteiger partial charge in [-0.25, -0.2) is 9.79 Å². The Morgan fingerprint density at radius 2 is 1.41 bits per heavy atom. The van der Waals surface area contributed by atoms with Crippen LogP contribution in [-0.2, 0) is 9.53 Å². The highest BCUT2D eigenvalue weighted by atomic mass is 16.6. The summed E-state index contributed by atoms with van der Waals surface area (Å²) in [6.07, 6.45) is 16.2. The molecule has 3 nitrogen and oxygen atoms in total. The van der Waals surface area contributed by atoms with E-state index in [1.54, 1.807) is 0 Å². The van der Waals surface area contributed by atoms with Gasteiger partial charge in [-0.15, -0.1) is 0 Å². The molecule has 29 heavy (non-hydrogen) atoms. The molecule has 0 amide bonds. The van der Waals surface area contributed by atoms with Gasteiger partial charge >= 0.3 is 5.97 Å². The number of carbonyl (C=O) groups is 1. The molecule has 0 aromatic rings. The average molecular weight is 400 g/mol. The lowest BCUT2D eigenvalue weighted by atomic mass is 10.0. The zero-order chi connectivity index (χ0) is 21.8. The predicted octanol–water partition coefficient (Wildman–Crippen LogP) is 7.50.